The van der Waals surface area contributed by atoms with Crippen LogP contribution in [0.15, 0.2) is 65.8 Å². The number of nitrogens with zero attached hydrogens (tertiary/aromatic N) is 3. The fourth-order valence-electron chi connectivity index (χ4n) is 2.61. The Bertz CT molecular complexity index is 956. The largest absolute Gasteiger partial charge is 0.497 e. The van der Waals surface area contributed by atoms with E-state index < -0.39 is 10.0 Å². The molecule has 1 heterocycles. The Morgan fingerprint density at radius 1 is 1.15 bits per heavy atom. The molecule has 0 aliphatic carbocycles. The lowest BCUT2D eigenvalue weighted by Crippen LogP contribution is -2.26. The highest BCUT2D eigenvalue weighted by Crippen LogP contribution is 2.29. The monoisotopic (exact) mass is 372 g/mol. The number of nitrogens with one attached hydrogen (secondary N) is 1. The van der Waals surface area contributed by atoms with Crippen LogP contribution in [0.4, 0.5) is 0 Å². The zero-order chi connectivity index (χ0) is 18.4. The van der Waals surface area contributed by atoms with Crippen LogP contribution < -0.4 is 9.46 Å². The quantitative estimate of drug-likeness (QED) is 0.613. The van der Waals surface area contributed by atoms with Crippen LogP contribution in [0.25, 0.3) is 11.1 Å². The zero-order valence-corrected chi connectivity index (χ0v) is 15.2. The predicted molar refractivity (Wildman–Crippen MR) is 98.3 cm³/mol. The van der Waals surface area contributed by atoms with Gasteiger partial charge in [-0.3, -0.25) is 4.68 Å². The van der Waals surface area contributed by atoms with Gasteiger partial charge in [-0.05, 0) is 30.2 Å². The maximum absolute atomic E-state index is 12.8. The second kappa shape index (κ2) is 8.11. The van der Waals surface area contributed by atoms with Crippen LogP contribution in [-0.2, 0) is 16.6 Å². The molecule has 0 amide bonds. The first-order chi connectivity index (χ1) is 12.6. The molecule has 0 bridgehead atoms. The number of rotatable bonds is 8. The molecule has 1 aromatic heterocycles. The first-order valence-corrected chi connectivity index (χ1v) is 9.66. The summed E-state index contributed by atoms with van der Waals surface area (Å²) in [5.74, 6) is 0.676. The van der Waals surface area contributed by atoms with Crippen molar-refractivity contribution in [3.05, 3.63) is 60.9 Å². The zero-order valence-electron chi connectivity index (χ0n) is 14.4. The molecule has 1 N–H and O–H groups in total. The number of aromatic nitrogens is 3. The van der Waals surface area contributed by atoms with Crippen molar-refractivity contribution in [3.8, 4) is 16.9 Å². The molecule has 0 saturated heterocycles. The maximum atomic E-state index is 12.8. The molecule has 3 rings (SSSR count). The van der Waals surface area contributed by atoms with E-state index in [1.54, 1.807) is 42.4 Å². The van der Waals surface area contributed by atoms with Crippen LogP contribution in [-0.4, -0.2) is 37.1 Å². The summed E-state index contributed by atoms with van der Waals surface area (Å²) in [7, 11) is -2.05. The SMILES string of the molecule is COc1cccc(-c2ccccc2S(=O)(=O)NCCCn2ccnn2)c1. The number of hydrogen-bond donors (Lipinski definition) is 1. The van der Waals surface area contributed by atoms with Gasteiger partial charge in [-0.25, -0.2) is 13.1 Å². The van der Waals surface area contributed by atoms with Crippen molar-refractivity contribution in [2.24, 2.45) is 0 Å². The van der Waals surface area contributed by atoms with Crippen LogP contribution in [0.1, 0.15) is 6.42 Å². The van der Waals surface area contributed by atoms with Gasteiger partial charge in [-0.2, -0.15) is 0 Å². The van der Waals surface area contributed by atoms with Gasteiger partial charge in [0.2, 0.25) is 10.0 Å². The van der Waals surface area contributed by atoms with Gasteiger partial charge >= 0.3 is 0 Å². The summed E-state index contributed by atoms with van der Waals surface area (Å²) in [4.78, 5) is 0.244. The van der Waals surface area contributed by atoms with E-state index in [1.165, 1.54) is 0 Å². The molecule has 26 heavy (non-hydrogen) atoms. The van der Waals surface area contributed by atoms with E-state index in [1.807, 2.05) is 30.3 Å². The van der Waals surface area contributed by atoms with Gasteiger partial charge in [0.25, 0.3) is 0 Å². The highest BCUT2D eigenvalue weighted by atomic mass is 32.2. The number of sulfonamides is 1. The van der Waals surface area contributed by atoms with E-state index in [0.717, 1.165) is 5.56 Å². The molecular formula is C18H20N4O3S. The lowest BCUT2D eigenvalue weighted by Gasteiger charge is -2.12. The Hall–Kier alpha value is -2.71. The molecule has 3 aromatic rings. The summed E-state index contributed by atoms with van der Waals surface area (Å²) < 4.78 is 35.1. The Morgan fingerprint density at radius 2 is 2.00 bits per heavy atom. The van der Waals surface area contributed by atoms with Gasteiger partial charge in [0.15, 0.2) is 0 Å². The highest BCUT2D eigenvalue weighted by Gasteiger charge is 2.18. The Balaban J connectivity index is 1.77. The summed E-state index contributed by atoms with van der Waals surface area (Å²) in [5, 5.41) is 7.58. The van der Waals surface area contributed by atoms with E-state index in [2.05, 4.69) is 15.0 Å². The first-order valence-electron chi connectivity index (χ1n) is 8.17. The summed E-state index contributed by atoms with van der Waals surface area (Å²) in [6.45, 7) is 0.911. The van der Waals surface area contributed by atoms with Crippen molar-refractivity contribution in [2.45, 2.75) is 17.9 Å². The van der Waals surface area contributed by atoms with Gasteiger partial charge in [-0.1, -0.05) is 35.5 Å². The lowest BCUT2D eigenvalue weighted by molar-refractivity contribution is 0.415. The Kier molecular flexibility index (Phi) is 5.65. The summed E-state index contributed by atoms with van der Waals surface area (Å²) in [6, 6.07) is 14.3. The highest BCUT2D eigenvalue weighted by molar-refractivity contribution is 7.89. The molecule has 7 nitrogen and oxygen atoms in total. The van der Waals surface area contributed by atoms with Gasteiger partial charge in [0.05, 0.1) is 18.2 Å². The predicted octanol–water partition coefficient (Wildman–Crippen LogP) is 2.32. The van der Waals surface area contributed by atoms with Gasteiger partial charge < -0.3 is 4.74 Å². The molecule has 0 atom stereocenters. The fourth-order valence-corrected chi connectivity index (χ4v) is 3.91. The molecule has 0 aliphatic rings. The first kappa shape index (κ1) is 18.1. The molecule has 8 heteroatoms. The molecule has 0 radical (unpaired) electrons. The molecule has 0 saturated carbocycles. The van der Waals surface area contributed by atoms with E-state index >= 15 is 0 Å². The number of hydrogen-bond acceptors (Lipinski definition) is 5. The van der Waals surface area contributed by atoms with Gasteiger partial charge in [-0.15, -0.1) is 5.10 Å². The average Bonchev–Trinajstić information content (AvgIpc) is 3.19. The van der Waals surface area contributed by atoms with E-state index in [0.29, 0.717) is 30.8 Å². The topological polar surface area (TPSA) is 86.1 Å². The van der Waals surface area contributed by atoms with Crippen LogP contribution in [0.2, 0.25) is 0 Å². The average molecular weight is 372 g/mol. The smallest absolute Gasteiger partial charge is 0.241 e. The van der Waals surface area contributed by atoms with Crippen molar-refractivity contribution in [1.82, 2.24) is 19.7 Å². The van der Waals surface area contributed by atoms with Gasteiger partial charge in [0.1, 0.15) is 5.75 Å². The Morgan fingerprint density at radius 3 is 2.77 bits per heavy atom. The van der Waals surface area contributed by atoms with Crippen LogP contribution >= 0.6 is 0 Å². The minimum atomic E-state index is -3.64. The molecule has 2 aromatic carbocycles. The summed E-state index contributed by atoms with van der Waals surface area (Å²) in [5.41, 5.74) is 1.42. The fraction of sp³-hybridized carbons (Fsp3) is 0.222. The number of benzene rings is 2. The van der Waals surface area contributed by atoms with Crippen LogP contribution in [0.3, 0.4) is 0 Å². The molecular weight excluding hydrogens is 352 g/mol. The number of aryl methyl sites for hydroxylation is 1. The standard InChI is InChI=1S/C18H20N4O3S/c1-25-16-7-4-6-15(14-16)17-8-2-3-9-18(17)26(23,24)20-10-5-12-22-13-11-19-21-22/h2-4,6-9,11,13-14,20H,5,10,12H2,1H3. The van der Waals surface area contributed by atoms with E-state index in [4.69, 9.17) is 4.74 Å². The van der Waals surface area contributed by atoms with Crippen molar-refractivity contribution in [2.75, 3.05) is 13.7 Å². The lowest BCUT2D eigenvalue weighted by atomic mass is 10.1. The third kappa shape index (κ3) is 4.27. The van der Waals surface area contributed by atoms with Gasteiger partial charge in [0, 0.05) is 24.8 Å². The molecule has 0 aliphatic heterocycles. The Labute approximate surface area is 152 Å². The molecule has 0 fully saturated rings. The summed E-state index contributed by atoms with van der Waals surface area (Å²) >= 11 is 0. The van der Waals surface area contributed by atoms with E-state index in [-0.39, 0.29) is 4.90 Å². The molecule has 0 spiro atoms. The number of ether oxygens (including phenoxy) is 1. The van der Waals surface area contributed by atoms with Crippen molar-refractivity contribution < 1.29 is 13.2 Å². The molecule has 0 unspecified atom stereocenters. The molecule has 136 valence electrons. The van der Waals surface area contributed by atoms with Crippen molar-refractivity contribution >= 4 is 10.0 Å². The number of methoxy groups -OCH3 is 1. The normalized spacial score (nSPS) is 11.4. The van der Waals surface area contributed by atoms with Crippen molar-refractivity contribution in [1.29, 1.82) is 0 Å². The minimum Gasteiger partial charge on any atom is -0.497 e. The second-order valence-electron chi connectivity index (χ2n) is 5.65. The van der Waals surface area contributed by atoms with Crippen molar-refractivity contribution in [3.63, 3.8) is 0 Å². The third-order valence-corrected chi connectivity index (χ3v) is 5.40. The van der Waals surface area contributed by atoms with Crippen LogP contribution in [0, 0.1) is 0 Å². The van der Waals surface area contributed by atoms with E-state index in [9.17, 15) is 8.42 Å². The van der Waals surface area contributed by atoms with Crippen LogP contribution in [0.5, 0.6) is 5.75 Å². The third-order valence-electron chi connectivity index (χ3n) is 3.89. The minimum absolute atomic E-state index is 0.244. The maximum Gasteiger partial charge on any atom is 0.241 e. The summed E-state index contributed by atoms with van der Waals surface area (Å²) in [6.07, 6.45) is 3.95. The second-order valence-corrected chi connectivity index (χ2v) is 7.38.